The van der Waals surface area contributed by atoms with E-state index in [0.717, 1.165) is 12.1 Å². The summed E-state index contributed by atoms with van der Waals surface area (Å²) >= 11 is 0. The zero-order chi connectivity index (χ0) is 38.1. The number of hydrogen-bond acceptors (Lipinski definition) is 8. The topological polar surface area (TPSA) is 239 Å². The van der Waals surface area contributed by atoms with Crippen molar-refractivity contribution in [3.63, 3.8) is 0 Å². The number of primary amides is 1. The number of hydrogen-bond donors (Lipinski definition) is 7. The smallest absolute Gasteiger partial charge is 0.489 e. The molecule has 52 heavy (non-hydrogen) atoms. The molecular formula is C35H43F3N8O6. The summed E-state index contributed by atoms with van der Waals surface area (Å²) in [6, 6.07) is 16.1. The van der Waals surface area contributed by atoms with Crippen molar-refractivity contribution in [2.75, 3.05) is 13.1 Å². The van der Waals surface area contributed by atoms with Gasteiger partial charge < -0.3 is 48.4 Å². The number of nitrogens with two attached hydrogens (primary N) is 4. The standard InChI is InChI=1S/C35H43F3N8O6/c36-35(37,38)52-26-15-11-22(12-16-26)21-51-25-17-13-23(14-18-25)29(30(40)47)46-33(50)27(9-4-5-19-39)45-32(49)28(10-6-20-43-34(41)42)44-31(48)24-7-2-1-3-8-24/h1-3,7-8,11-18,27-29H,4-6,9-10,19-21,39H2,(H2,40,47)(H,44,48)(H,45,49)(H,46,50)(H4,41,42,43)/t27-,28-,29+/m0/s1. The average molecular weight is 729 g/mol. The normalized spacial score (nSPS) is 12.8. The molecule has 4 amide bonds. The molecule has 0 saturated heterocycles. The highest BCUT2D eigenvalue weighted by atomic mass is 19.4. The van der Waals surface area contributed by atoms with Crippen molar-refractivity contribution in [3.05, 3.63) is 95.6 Å². The van der Waals surface area contributed by atoms with Crippen LogP contribution in [-0.2, 0) is 21.0 Å². The van der Waals surface area contributed by atoms with Crippen LogP contribution in [0, 0.1) is 0 Å². The summed E-state index contributed by atoms with van der Waals surface area (Å²) in [5.74, 6) is -2.82. The van der Waals surface area contributed by atoms with Gasteiger partial charge in [-0.2, -0.15) is 0 Å². The Morgan fingerprint density at radius 3 is 1.92 bits per heavy atom. The molecule has 17 heteroatoms. The van der Waals surface area contributed by atoms with Gasteiger partial charge in [-0.15, -0.1) is 13.2 Å². The molecule has 11 N–H and O–H groups in total. The Morgan fingerprint density at radius 1 is 0.731 bits per heavy atom. The second kappa shape index (κ2) is 20.1. The van der Waals surface area contributed by atoms with E-state index < -0.39 is 48.1 Å². The number of carbonyl (C=O) groups excluding carboxylic acids is 4. The second-order valence-corrected chi connectivity index (χ2v) is 11.6. The third-order valence-corrected chi connectivity index (χ3v) is 7.53. The summed E-state index contributed by atoms with van der Waals surface area (Å²) in [5.41, 5.74) is 23.3. The van der Waals surface area contributed by atoms with Crippen LogP contribution in [0.15, 0.2) is 83.9 Å². The van der Waals surface area contributed by atoms with E-state index in [-0.39, 0.29) is 37.7 Å². The van der Waals surface area contributed by atoms with E-state index in [1.807, 2.05) is 0 Å². The molecule has 0 fully saturated rings. The molecule has 3 atom stereocenters. The minimum atomic E-state index is -4.80. The van der Waals surface area contributed by atoms with Crippen molar-refractivity contribution < 1.29 is 41.8 Å². The lowest BCUT2D eigenvalue weighted by atomic mass is 10.0. The summed E-state index contributed by atoms with van der Waals surface area (Å²) in [6.07, 6.45) is -3.13. The molecular weight excluding hydrogens is 685 g/mol. The first-order valence-electron chi connectivity index (χ1n) is 16.3. The number of ether oxygens (including phenoxy) is 2. The number of benzene rings is 3. The van der Waals surface area contributed by atoms with Crippen molar-refractivity contribution >= 4 is 29.6 Å². The Morgan fingerprint density at radius 2 is 1.33 bits per heavy atom. The van der Waals surface area contributed by atoms with E-state index in [1.165, 1.54) is 36.4 Å². The molecule has 3 aromatic rings. The van der Waals surface area contributed by atoms with E-state index >= 15 is 0 Å². The largest absolute Gasteiger partial charge is 0.573 e. The van der Waals surface area contributed by atoms with Crippen LogP contribution in [0.5, 0.6) is 11.5 Å². The average Bonchev–Trinajstić information content (AvgIpc) is 3.10. The fourth-order valence-corrected chi connectivity index (χ4v) is 4.91. The van der Waals surface area contributed by atoms with E-state index in [2.05, 4.69) is 25.7 Å². The number of rotatable bonds is 20. The van der Waals surface area contributed by atoms with Crippen molar-refractivity contribution in [1.29, 1.82) is 0 Å². The molecule has 0 spiro atoms. The highest BCUT2D eigenvalue weighted by molar-refractivity contribution is 5.98. The Balaban J connectivity index is 1.70. The van der Waals surface area contributed by atoms with Crippen LogP contribution in [0.1, 0.15) is 59.6 Å². The maximum Gasteiger partial charge on any atom is 0.573 e. The van der Waals surface area contributed by atoms with Gasteiger partial charge in [0.25, 0.3) is 5.91 Å². The van der Waals surface area contributed by atoms with Crippen LogP contribution in [0.2, 0.25) is 0 Å². The fraction of sp³-hybridized carbons (Fsp3) is 0.343. The Kier molecular flexibility index (Phi) is 15.7. The van der Waals surface area contributed by atoms with Gasteiger partial charge in [0, 0.05) is 12.1 Å². The number of alkyl halides is 3. The SMILES string of the molecule is NCCCC[C@H](NC(=O)[C@H](CCCN=C(N)N)NC(=O)c1ccccc1)C(=O)N[C@@H](C(N)=O)c1ccc(OCc2ccc(OC(F)(F)F)cc2)cc1. The molecule has 3 rings (SSSR count). The van der Waals surface area contributed by atoms with Gasteiger partial charge in [0.2, 0.25) is 17.7 Å². The van der Waals surface area contributed by atoms with E-state index in [1.54, 1.807) is 30.3 Å². The maximum atomic E-state index is 13.6. The molecule has 3 aromatic carbocycles. The van der Waals surface area contributed by atoms with Gasteiger partial charge in [-0.1, -0.05) is 42.5 Å². The summed E-state index contributed by atoms with van der Waals surface area (Å²) in [7, 11) is 0. The summed E-state index contributed by atoms with van der Waals surface area (Å²) in [4.78, 5) is 56.6. The summed E-state index contributed by atoms with van der Waals surface area (Å²) in [6.45, 7) is 0.567. The molecule has 280 valence electrons. The predicted molar refractivity (Wildman–Crippen MR) is 186 cm³/mol. The lowest BCUT2D eigenvalue weighted by Crippen LogP contribution is -2.54. The summed E-state index contributed by atoms with van der Waals surface area (Å²) in [5, 5.41) is 8.02. The Labute approximate surface area is 298 Å². The predicted octanol–water partition coefficient (Wildman–Crippen LogP) is 2.27. The molecule has 0 bridgehead atoms. The lowest BCUT2D eigenvalue weighted by Gasteiger charge is -2.25. The van der Waals surface area contributed by atoms with E-state index in [9.17, 15) is 32.3 Å². The molecule has 0 aliphatic heterocycles. The lowest BCUT2D eigenvalue weighted by molar-refractivity contribution is -0.274. The van der Waals surface area contributed by atoms with Gasteiger partial charge in [0.05, 0.1) is 0 Å². The maximum absolute atomic E-state index is 13.6. The fourth-order valence-electron chi connectivity index (χ4n) is 4.91. The highest BCUT2D eigenvalue weighted by Crippen LogP contribution is 2.24. The van der Waals surface area contributed by atoms with Crippen LogP contribution in [0.4, 0.5) is 13.2 Å². The molecule has 0 aliphatic carbocycles. The van der Waals surface area contributed by atoms with Crippen LogP contribution >= 0.6 is 0 Å². The number of unbranched alkanes of at least 4 members (excludes halogenated alkanes) is 1. The van der Waals surface area contributed by atoms with Crippen LogP contribution in [0.3, 0.4) is 0 Å². The molecule has 0 radical (unpaired) electrons. The first kappa shape index (κ1) is 40.6. The van der Waals surface area contributed by atoms with Crippen LogP contribution in [0.25, 0.3) is 0 Å². The number of halogens is 3. The quantitative estimate of drug-likeness (QED) is 0.0512. The van der Waals surface area contributed by atoms with E-state index in [0.29, 0.717) is 48.2 Å². The Hall–Kier alpha value is -5.84. The van der Waals surface area contributed by atoms with Crippen molar-refractivity contribution in [1.82, 2.24) is 16.0 Å². The van der Waals surface area contributed by atoms with Crippen molar-refractivity contribution in [2.24, 2.45) is 27.9 Å². The molecule has 0 saturated carbocycles. The van der Waals surface area contributed by atoms with Crippen LogP contribution < -0.4 is 48.4 Å². The van der Waals surface area contributed by atoms with Gasteiger partial charge in [0.1, 0.15) is 36.2 Å². The third kappa shape index (κ3) is 14.2. The van der Waals surface area contributed by atoms with E-state index in [4.69, 9.17) is 27.7 Å². The molecule has 0 unspecified atom stereocenters. The summed E-state index contributed by atoms with van der Waals surface area (Å²) < 4.78 is 46.8. The van der Waals surface area contributed by atoms with Crippen molar-refractivity contribution in [3.8, 4) is 11.5 Å². The van der Waals surface area contributed by atoms with Gasteiger partial charge in [-0.25, -0.2) is 0 Å². The molecule has 0 heterocycles. The van der Waals surface area contributed by atoms with Crippen LogP contribution in [-0.4, -0.2) is 61.1 Å². The number of nitrogens with zero attached hydrogens (tertiary/aromatic N) is 1. The monoisotopic (exact) mass is 728 g/mol. The first-order valence-corrected chi connectivity index (χ1v) is 16.3. The zero-order valence-electron chi connectivity index (χ0n) is 28.2. The van der Waals surface area contributed by atoms with Crippen molar-refractivity contribution in [2.45, 2.75) is 63.2 Å². The first-order chi connectivity index (χ1) is 24.8. The van der Waals surface area contributed by atoms with Gasteiger partial charge >= 0.3 is 6.36 Å². The van der Waals surface area contributed by atoms with Gasteiger partial charge in [-0.05, 0) is 86.2 Å². The number of nitrogens with one attached hydrogen (secondary N) is 3. The highest BCUT2D eigenvalue weighted by Gasteiger charge is 2.31. The second-order valence-electron chi connectivity index (χ2n) is 11.6. The number of guanidine groups is 1. The minimum Gasteiger partial charge on any atom is -0.489 e. The molecule has 0 aromatic heterocycles. The minimum absolute atomic E-state index is 0.0207. The number of aliphatic imine (C=N–C) groups is 1. The number of carbonyl (C=O) groups is 4. The van der Waals surface area contributed by atoms with Gasteiger partial charge in [0.15, 0.2) is 5.96 Å². The van der Waals surface area contributed by atoms with Gasteiger partial charge in [-0.3, -0.25) is 24.2 Å². The molecule has 14 nitrogen and oxygen atoms in total. The molecule has 0 aliphatic rings. The zero-order valence-corrected chi connectivity index (χ0v) is 28.2. The Bertz CT molecular complexity index is 1640. The number of amides is 4. The third-order valence-electron chi connectivity index (χ3n) is 7.53.